The number of hydrogen-bond acceptors (Lipinski definition) is 5. The first-order valence-electron chi connectivity index (χ1n) is 9.42. The first-order chi connectivity index (χ1) is 14.1. The number of aromatic nitrogens is 2. The van der Waals surface area contributed by atoms with Crippen LogP contribution in [0.1, 0.15) is 24.7 Å². The Morgan fingerprint density at radius 3 is 2.69 bits per heavy atom. The number of carbonyl (C=O) groups excluding carboxylic acids is 1. The lowest BCUT2D eigenvalue weighted by molar-refractivity contribution is 0.184. The Hall–Kier alpha value is -3.42. The maximum Gasteiger partial charge on any atom is 0.321 e. The number of rotatable bonds is 4. The summed E-state index contributed by atoms with van der Waals surface area (Å²) < 4.78 is 23.7. The number of likely N-dealkylation sites (tertiary alicyclic amines) is 1. The molecule has 0 spiro atoms. The van der Waals surface area contributed by atoms with Crippen LogP contribution in [0, 0.1) is 5.82 Å². The van der Waals surface area contributed by atoms with Gasteiger partial charge in [-0.2, -0.15) is 4.98 Å². The molecule has 0 saturated carbocycles. The Morgan fingerprint density at radius 2 is 1.97 bits per heavy atom. The lowest BCUT2D eigenvalue weighted by atomic mass is 9.98. The van der Waals surface area contributed by atoms with Crippen LogP contribution < -0.4 is 10.1 Å². The molecule has 0 radical (unpaired) electrons. The number of halogens is 1. The standard InChI is InChI=1S/C21H21FN4O3/c1-28-18-10-8-17(9-11-18)23-21(27)26-12-2-3-15(13-26)20-24-19(25-29-20)14-4-6-16(22)7-5-14/h4-11,15H,2-3,12-13H2,1H3,(H,23,27)/t15-/m0/s1. The van der Waals surface area contributed by atoms with Crippen molar-refractivity contribution in [2.75, 3.05) is 25.5 Å². The molecule has 1 aliphatic rings. The van der Waals surface area contributed by atoms with Gasteiger partial charge in [0.2, 0.25) is 11.7 Å². The summed E-state index contributed by atoms with van der Waals surface area (Å²) in [4.78, 5) is 18.8. The molecule has 3 aromatic rings. The van der Waals surface area contributed by atoms with Gasteiger partial charge >= 0.3 is 6.03 Å². The quantitative estimate of drug-likeness (QED) is 0.711. The Morgan fingerprint density at radius 1 is 1.21 bits per heavy atom. The minimum absolute atomic E-state index is 0.0351. The van der Waals surface area contributed by atoms with Crippen molar-refractivity contribution >= 4 is 11.7 Å². The number of nitrogens with zero attached hydrogens (tertiary/aromatic N) is 3. The van der Waals surface area contributed by atoms with Crippen LogP contribution in [0.4, 0.5) is 14.9 Å². The van der Waals surface area contributed by atoms with Crippen molar-refractivity contribution in [3.8, 4) is 17.1 Å². The van der Waals surface area contributed by atoms with E-state index in [1.165, 1.54) is 12.1 Å². The summed E-state index contributed by atoms with van der Waals surface area (Å²) in [5, 5.41) is 6.91. The Balaban J connectivity index is 1.41. The SMILES string of the molecule is COc1ccc(NC(=O)N2CCC[C@H](c3nc(-c4ccc(F)cc4)no3)C2)cc1. The lowest BCUT2D eigenvalue weighted by Crippen LogP contribution is -2.41. The minimum atomic E-state index is -0.316. The molecule has 150 valence electrons. The Kier molecular flexibility index (Phi) is 5.41. The topological polar surface area (TPSA) is 80.5 Å². The zero-order valence-corrected chi connectivity index (χ0v) is 16.0. The fourth-order valence-corrected chi connectivity index (χ4v) is 3.36. The van der Waals surface area contributed by atoms with E-state index >= 15 is 0 Å². The van der Waals surface area contributed by atoms with E-state index in [0.29, 0.717) is 36.1 Å². The second-order valence-electron chi connectivity index (χ2n) is 6.91. The summed E-state index contributed by atoms with van der Waals surface area (Å²) in [6.45, 7) is 1.16. The van der Waals surface area contributed by atoms with E-state index in [-0.39, 0.29) is 17.8 Å². The third-order valence-corrected chi connectivity index (χ3v) is 4.94. The predicted octanol–water partition coefficient (Wildman–Crippen LogP) is 4.30. The van der Waals surface area contributed by atoms with Gasteiger partial charge in [0.05, 0.1) is 13.0 Å². The number of benzene rings is 2. The van der Waals surface area contributed by atoms with Crippen LogP contribution >= 0.6 is 0 Å². The van der Waals surface area contributed by atoms with E-state index in [1.54, 1.807) is 48.4 Å². The molecule has 7 nitrogen and oxygen atoms in total. The number of hydrogen-bond donors (Lipinski definition) is 1. The largest absolute Gasteiger partial charge is 0.497 e. The first kappa shape index (κ1) is 18.9. The number of nitrogens with one attached hydrogen (secondary N) is 1. The molecule has 2 amide bonds. The van der Waals surface area contributed by atoms with Crippen LogP contribution in [0.3, 0.4) is 0 Å². The van der Waals surface area contributed by atoms with Gasteiger partial charge in [0.25, 0.3) is 0 Å². The number of anilines is 1. The summed E-state index contributed by atoms with van der Waals surface area (Å²) >= 11 is 0. The average Bonchev–Trinajstić information content (AvgIpc) is 3.25. The number of methoxy groups -OCH3 is 1. The lowest BCUT2D eigenvalue weighted by Gasteiger charge is -2.31. The molecule has 2 aromatic carbocycles. The molecule has 0 aliphatic carbocycles. The highest BCUT2D eigenvalue weighted by Gasteiger charge is 2.28. The number of ether oxygens (including phenoxy) is 1. The van der Waals surface area contributed by atoms with Gasteiger partial charge in [-0.15, -0.1) is 0 Å². The second-order valence-corrected chi connectivity index (χ2v) is 6.91. The van der Waals surface area contributed by atoms with Crippen molar-refractivity contribution in [2.45, 2.75) is 18.8 Å². The summed E-state index contributed by atoms with van der Waals surface area (Å²) in [7, 11) is 1.60. The molecular formula is C21H21FN4O3. The Bertz CT molecular complexity index is 972. The van der Waals surface area contributed by atoms with Crippen molar-refractivity contribution in [2.24, 2.45) is 0 Å². The van der Waals surface area contributed by atoms with Crippen molar-refractivity contribution in [3.63, 3.8) is 0 Å². The van der Waals surface area contributed by atoms with Gasteiger partial charge in [0, 0.05) is 24.3 Å². The molecule has 1 aromatic heterocycles. The smallest absolute Gasteiger partial charge is 0.321 e. The highest BCUT2D eigenvalue weighted by molar-refractivity contribution is 5.89. The van der Waals surface area contributed by atoms with E-state index in [2.05, 4.69) is 15.5 Å². The predicted molar refractivity (Wildman–Crippen MR) is 105 cm³/mol. The van der Waals surface area contributed by atoms with E-state index in [0.717, 1.165) is 18.6 Å². The molecule has 0 unspecified atom stereocenters. The van der Waals surface area contributed by atoms with Gasteiger partial charge in [-0.05, 0) is 61.4 Å². The van der Waals surface area contributed by atoms with Crippen molar-refractivity contribution in [1.29, 1.82) is 0 Å². The van der Waals surface area contributed by atoms with Crippen LogP contribution in [0.15, 0.2) is 53.1 Å². The van der Waals surface area contributed by atoms with E-state index in [1.807, 2.05) is 0 Å². The van der Waals surface area contributed by atoms with Crippen molar-refractivity contribution in [3.05, 3.63) is 60.2 Å². The van der Waals surface area contributed by atoms with Gasteiger partial charge in [-0.1, -0.05) is 5.16 Å². The average molecular weight is 396 g/mol. The molecule has 4 rings (SSSR count). The maximum atomic E-state index is 13.1. The van der Waals surface area contributed by atoms with Gasteiger partial charge in [0.1, 0.15) is 11.6 Å². The summed E-state index contributed by atoms with van der Waals surface area (Å²) in [6, 6.07) is 13.0. The van der Waals surface area contributed by atoms with Gasteiger partial charge in [-0.25, -0.2) is 9.18 Å². The van der Waals surface area contributed by atoms with Gasteiger partial charge < -0.3 is 19.5 Å². The summed E-state index contributed by atoms with van der Waals surface area (Å²) in [6.07, 6.45) is 1.70. The molecule has 1 N–H and O–H groups in total. The zero-order valence-electron chi connectivity index (χ0n) is 16.0. The summed E-state index contributed by atoms with van der Waals surface area (Å²) in [5.74, 6) is 1.29. The molecule has 1 aliphatic heterocycles. The molecule has 0 bridgehead atoms. The second kappa shape index (κ2) is 8.30. The fourth-order valence-electron chi connectivity index (χ4n) is 3.36. The monoisotopic (exact) mass is 396 g/mol. The highest BCUT2D eigenvalue weighted by Crippen LogP contribution is 2.28. The van der Waals surface area contributed by atoms with Crippen LogP contribution in [0.5, 0.6) is 5.75 Å². The molecule has 1 atom stereocenters. The van der Waals surface area contributed by atoms with E-state index in [9.17, 15) is 9.18 Å². The van der Waals surface area contributed by atoms with Crippen molar-refractivity contribution in [1.82, 2.24) is 15.0 Å². The molecule has 8 heteroatoms. The maximum absolute atomic E-state index is 13.1. The number of urea groups is 1. The molecule has 1 saturated heterocycles. The molecule has 2 heterocycles. The molecular weight excluding hydrogens is 375 g/mol. The number of piperidine rings is 1. The third-order valence-electron chi connectivity index (χ3n) is 4.94. The van der Waals surface area contributed by atoms with E-state index < -0.39 is 0 Å². The van der Waals surface area contributed by atoms with E-state index in [4.69, 9.17) is 9.26 Å². The van der Waals surface area contributed by atoms with Gasteiger partial charge in [-0.3, -0.25) is 0 Å². The normalized spacial score (nSPS) is 16.5. The fraction of sp³-hybridized carbons (Fsp3) is 0.286. The van der Waals surface area contributed by atoms with Crippen LogP contribution in [0.25, 0.3) is 11.4 Å². The van der Waals surface area contributed by atoms with Crippen LogP contribution in [-0.2, 0) is 0 Å². The van der Waals surface area contributed by atoms with Crippen LogP contribution in [0.2, 0.25) is 0 Å². The Labute approximate surface area is 167 Å². The van der Waals surface area contributed by atoms with Crippen LogP contribution in [-0.4, -0.2) is 41.3 Å². The molecule has 29 heavy (non-hydrogen) atoms. The number of carbonyl (C=O) groups is 1. The molecule has 1 fully saturated rings. The highest BCUT2D eigenvalue weighted by atomic mass is 19.1. The minimum Gasteiger partial charge on any atom is -0.497 e. The zero-order chi connectivity index (χ0) is 20.2. The first-order valence-corrected chi connectivity index (χ1v) is 9.42. The summed E-state index contributed by atoms with van der Waals surface area (Å²) in [5.41, 5.74) is 1.39. The van der Waals surface area contributed by atoms with Crippen molar-refractivity contribution < 1.29 is 18.4 Å². The third kappa shape index (κ3) is 4.37. The van der Waals surface area contributed by atoms with Gasteiger partial charge in [0.15, 0.2) is 0 Å². The number of amides is 2.